The van der Waals surface area contributed by atoms with Gasteiger partial charge < -0.3 is 19.6 Å². The van der Waals surface area contributed by atoms with E-state index in [9.17, 15) is 19.5 Å². The molecule has 6 rings (SSSR count). The van der Waals surface area contributed by atoms with E-state index in [1.807, 2.05) is 85.9 Å². The summed E-state index contributed by atoms with van der Waals surface area (Å²) in [6.45, 7) is 7.91. The SMILES string of the molecule is CN(CCN1CCC(OC(=O)Nc2ccccc2-c2ccccc2)CC1)C(=O)c1ccc(CN2CC3C[C@H](C(=O)O)C[C@@]3(C)C2)cc1. The van der Waals surface area contributed by atoms with Crippen molar-refractivity contribution in [2.75, 3.05) is 51.6 Å². The number of hydrogen-bond acceptors (Lipinski definition) is 6. The number of nitrogens with zero attached hydrogens (tertiary/aromatic N) is 3. The average molecular weight is 639 g/mol. The molecule has 0 spiro atoms. The summed E-state index contributed by atoms with van der Waals surface area (Å²) >= 11 is 0. The van der Waals surface area contributed by atoms with E-state index in [0.29, 0.717) is 18.0 Å². The molecule has 3 aromatic rings. The summed E-state index contributed by atoms with van der Waals surface area (Å²) in [5.74, 6) is -0.423. The number of nitrogens with one attached hydrogen (secondary N) is 1. The van der Waals surface area contributed by atoms with Crippen LogP contribution in [0.1, 0.15) is 48.5 Å². The van der Waals surface area contributed by atoms with Gasteiger partial charge in [0.2, 0.25) is 0 Å². The fraction of sp³-hybridized carbons (Fsp3) is 0.447. The number of hydrogen-bond donors (Lipinski definition) is 2. The highest BCUT2D eigenvalue weighted by Crippen LogP contribution is 2.51. The molecule has 248 valence electrons. The van der Waals surface area contributed by atoms with E-state index < -0.39 is 12.1 Å². The summed E-state index contributed by atoms with van der Waals surface area (Å²) < 4.78 is 5.78. The number of carbonyl (C=O) groups is 3. The molecular formula is C38H46N4O5. The van der Waals surface area contributed by atoms with E-state index in [-0.39, 0.29) is 23.3 Å². The van der Waals surface area contributed by atoms with Gasteiger partial charge in [-0.2, -0.15) is 0 Å². The highest BCUT2D eigenvalue weighted by atomic mass is 16.6. The van der Waals surface area contributed by atoms with Gasteiger partial charge >= 0.3 is 12.1 Å². The van der Waals surface area contributed by atoms with Crippen LogP contribution in [0.3, 0.4) is 0 Å². The Hall–Kier alpha value is -4.21. The van der Waals surface area contributed by atoms with Gasteiger partial charge in [-0.15, -0.1) is 0 Å². The Kier molecular flexibility index (Phi) is 9.94. The van der Waals surface area contributed by atoms with Crippen molar-refractivity contribution in [2.24, 2.45) is 17.3 Å². The predicted octanol–water partition coefficient (Wildman–Crippen LogP) is 6.07. The van der Waals surface area contributed by atoms with E-state index in [2.05, 4.69) is 22.0 Å². The Morgan fingerprint density at radius 1 is 0.957 bits per heavy atom. The molecule has 2 aliphatic heterocycles. The number of fused-ring (bicyclic) bond motifs is 1. The Bertz CT molecular complexity index is 1560. The third kappa shape index (κ3) is 7.85. The van der Waals surface area contributed by atoms with Gasteiger partial charge in [0, 0.05) is 64.0 Å². The average Bonchev–Trinajstić information content (AvgIpc) is 3.56. The molecule has 3 atom stereocenters. The van der Waals surface area contributed by atoms with Crippen LogP contribution < -0.4 is 5.32 Å². The number of rotatable bonds is 10. The Morgan fingerprint density at radius 2 is 1.66 bits per heavy atom. The van der Waals surface area contributed by atoms with Gasteiger partial charge in [-0.05, 0) is 66.3 Å². The van der Waals surface area contributed by atoms with Crippen LogP contribution in [0.25, 0.3) is 11.1 Å². The lowest BCUT2D eigenvalue weighted by atomic mass is 9.83. The zero-order valence-electron chi connectivity index (χ0n) is 27.4. The monoisotopic (exact) mass is 638 g/mol. The number of amides is 2. The first-order valence-corrected chi connectivity index (χ1v) is 16.8. The van der Waals surface area contributed by atoms with Gasteiger partial charge in [0.1, 0.15) is 6.10 Å². The molecule has 2 amide bonds. The molecule has 0 bridgehead atoms. The standard InChI is InChI=1S/C38H46N4O5/c1-38-23-30(36(44)45)22-31(38)25-42(26-38)24-27-12-14-29(15-13-27)35(43)40(2)20-21-41-18-16-32(17-19-41)47-37(46)39-34-11-7-6-10-33(34)28-8-4-3-5-9-28/h3-15,30-32H,16-26H2,1-2H3,(H,39,46)(H,44,45)/t30-,31?,38-/m0/s1. The summed E-state index contributed by atoms with van der Waals surface area (Å²) in [7, 11) is 1.85. The van der Waals surface area contributed by atoms with Crippen LogP contribution >= 0.6 is 0 Å². The molecule has 2 saturated heterocycles. The molecule has 3 aliphatic rings. The van der Waals surface area contributed by atoms with Crippen molar-refractivity contribution in [3.63, 3.8) is 0 Å². The van der Waals surface area contributed by atoms with Gasteiger partial charge in [0.15, 0.2) is 0 Å². The molecule has 2 N–H and O–H groups in total. The van der Waals surface area contributed by atoms with Crippen molar-refractivity contribution in [1.29, 1.82) is 0 Å². The minimum Gasteiger partial charge on any atom is -0.481 e. The van der Waals surface area contributed by atoms with E-state index in [0.717, 1.165) is 81.8 Å². The zero-order valence-corrected chi connectivity index (χ0v) is 27.4. The first kappa shape index (κ1) is 32.7. The molecule has 1 unspecified atom stereocenters. The van der Waals surface area contributed by atoms with Gasteiger partial charge in [0.25, 0.3) is 5.91 Å². The minimum absolute atomic E-state index is 0.00477. The highest BCUT2D eigenvalue weighted by Gasteiger charge is 2.51. The number of piperidine rings is 1. The second-order valence-corrected chi connectivity index (χ2v) is 13.9. The van der Waals surface area contributed by atoms with Crippen molar-refractivity contribution in [3.05, 3.63) is 90.0 Å². The fourth-order valence-corrected chi connectivity index (χ4v) is 7.75. The molecule has 3 aromatic carbocycles. The molecule has 0 aromatic heterocycles. The minimum atomic E-state index is -0.657. The van der Waals surface area contributed by atoms with Crippen LogP contribution in [0.5, 0.6) is 0 Å². The van der Waals surface area contributed by atoms with Gasteiger partial charge in [-0.3, -0.25) is 19.8 Å². The number of likely N-dealkylation sites (tertiary alicyclic amines) is 2. The number of carbonyl (C=O) groups excluding carboxylic acids is 2. The summed E-state index contributed by atoms with van der Waals surface area (Å²) in [6, 6.07) is 25.6. The third-order valence-electron chi connectivity index (χ3n) is 10.4. The first-order chi connectivity index (χ1) is 22.7. The quantitative estimate of drug-likeness (QED) is 0.278. The number of benzene rings is 3. The third-order valence-corrected chi connectivity index (χ3v) is 10.4. The van der Waals surface area contributed by atoms with Crippen LogP contribution in [-0.2, 0) is 16.1 Å². The maximum absolute atomic E-state index is 13.2. The number of anilines is 1. The van der Waals surface area contributed by atoms with Crippen molar-refractivity contribution in [2.45, 2.75) is 45.3 Å². The summed E-state index contributed by atoms with van der Waals surface area (Å²) in [5.41, 5.74) is 4.63. The van der Waals surface area contributed by atoms with E-state index >= 15 is 0 Å². The summed E-state index contributed by atoms with van der Waals surface area (Å²) in [5, 5.41) is 12.4. The summed E-state index contributed by atoms with van der Waals surface area (Å²) in [4.78, 5) is 43.9. The maximum atomic E-state index is 13.2. The van der Waals surface area contributed by atoms with Crippen LogP contribution in [0.2, 0.25) is 0 Å². The van der Waals surface area contributed by atoms with Gasteiger partial charge in [0.05, 0.1) is 11.6 Å². The second kappa shape index (κ2) is 14.3. The van der Waals surface area contributed by atoms with Crippen molar-refractivity contribution in [3.8, 4) is 11.1 Å². The first-order valence-electron chi connectivity index (χ1n) is 16.8. The van der Waals surface area contributed by atoms with E-state index in [1.165, 1.54) is 5.56 Å². The van der Waals surface area contributed by atoms with Crippen molar-refractivity contribution < 1.29 is 24.2 Å². The predicted molar refractivity (Wildman–Crippen MR) is 182 cm³/mol. The highest BCUT2D eigenvalue weighted by molar-refractivity contribution is 5.94. The number of carboxylic acids is 1. The van der Waals surface area contributed by atoms with Crippen molar-refractivity contribution in [1.82, 2.24) is 14.7 Å². The fourth-order valence-electron chi connectivity index (χ4n) is 7.75. The number of ether oxygens (including phenoxy) is 1. The summed E-state index contributed by atoms with van der Waals surface area (Å²) in [6.07, 6.45) is 2.47. The lowest BCUT2D eigenvalue weighted by Gasteiger charge is -2.32. The van der Waals surface area contributed by atoms with E-state index in [4.69, 9.17) is 4.74 Å². The van der Waals surface area contributed by atoms with Crippen LogP contribution in [0.4, 0.5) is 10.5 Å². The number of likely N-dealkylation sites (N-methyl/N-ethyl adjacent to an activating group) is 1. The normalized spacial score (nSPS) is 23.3. The van der Waals surface area contributed by atoms with Crippen molar-refractivity contribution >= 4 is 23.7 Å². The number of carboxylic acid groups (broad SMARTS) is 1. The Balaban J connectivity index is 0.907. The molecule has 9 nitrogen and oxygen atoms in total. The lowest BCUT2D eigenvalue weighted by molar-refractivity contribution is -0.141. The zero-order chi connectivity index (χ0) is 33.0. The second-order valence-electron chi connectivity index (χ2n) is 13.9. The number of aliphatic carboxylic acids is 1. The molecule has 9 heteroatoms. The molecule has 2 heterocycles. The molecular weight excluding hydrogens is 592 g/mol. The van der Waals surface area contributed by atoms with E-state index in [1.54, 1.807) is 4.90 Å². The molecule has 0 radical (unpaired) electrons. The van der Waals surface area contributed by atoms with Gasteiger partial charge in [-0.1, -0.05) is 67.6 Å². The number of para-hydroxylation sites is 1. The van der Waals surface area contributed by atoms with Gasteiger partial charge in [-0.25, -0.2) is 4.79 Å². The van der Waals surface area contributed by atoms with Crippen LogP contribution in [0.15, 0.2) is 78.9 Å². The smallest absolute Gasteiger partial charge is 0.411 e. The molecule has 3 fully saturated rings. The van der Waals surface area contributed by atoms with Crippen LogP contribution in [0, 0.1) is 17.3 Å². The topological polar surface area (TPSA) is 102 Å². The Morgan fingerprint density at radius 3 is 2.36 bits per heavy atom. The molecule has 47 heavy (non-hydrogen) atoms. The molecule has 1 saturated carbocycles. The maximum Gasteiger partial charge on any atom is 0.411 e. The Labute approximate surface area is 277 Å². The van der Waals surface area contributed by atoms with Crippen LogP contribution in [-0.4, -0.2) is 90.2 Å². The molecule has 1 aliphatic carbocycles. The lowest BCUT2D eigenvalue weighted by Crippen LogP contribution is -2.42. The largest absolute Gasteiger partial charge is 0.481 e.